The molecular weight excluding hydrogens is 180 g/mol. The Hall–Kier alpha value is -1.42. The minimum Gasteiger partial charge on any atom is -0.468 e. The van der Waals surface area contributed by atoms with E-state index in [1.165, 1.54) is 7.11 Å². The van der Waals surface area contributed by atoms with Crippen molar-refractivity contribution in [1.29, 1.82) is 0 Å². The van der Waals surface area contributed by atoms with Crippen LogP contribution in [-0.4, -0.2) is 24.1 Å². The van der Waals surface area contributed by atoms with Gasteiger partial charge < -0.3 is 10.1 Å². The van der Waals surface area contributed by atoms with Gasteiger partial charge in [-0.2, -0.15) is 0 Å². The molecule has 0 aliphatic heterocycles. The van der Waals surface area contributed by atoms with E-state index in [0.29, 0.717) is 6.54 Å². The molecule has 1 heterocycles. The summed E-state index contributed by atoms with van der Waals surface area (Å²) >= 11 is 0. The van der Waals surface area contributed by atoms with E-state index in [1.807, 2.05) is 12.1 Å². The number of esters is 1. The molecule has 0 fully saturated rings. The highest BCUT2D eigenvalue weighted by Crippen LogP contribution is 1.96. The average Bonchev–Trinajstić information content (AvgIpc) is 2.26. The van der Waals surface area contributed by atoms with Gasteiger partial charge in [-0.15, -0.1) is 0 Å². The third-order valence-electron chi connectivity index (χ3n) is 1.89. The first-order valence-electron chi connectivity index (χ1n) is 4.44. The number of nitrogens with zero attached hydrogens (tertiary/aromatic N) is 1. The van der Waals surface area contributed by atoms with E-state index in [1.54, 1.807) is 19.3 Å². The Balaban J connectivity index is 2.38. The third kappa shape index (κ3) is 3.14. The zero-order chi connectivity index (χ0) is 10.4. The van der Waals surface area contributed by atoms with Crippen molar-refractivity contribution < 1.29 is 9.53 Å². The van der Waals surface area contributed by atoms with Crippen molar-refractivity contribution in [2.45, 2.75) is 19.5 Å². The summed E-state index contributed by atoms with van der Waals surface area (Å²) < 4.78 is 4.58. The lowest BCUT2D eigenvalue weighted by Crippen LogP contribution is -2.34. The smallest absolute Gasteiger partial charge is 0.322 e. The van der Waals surface area contributed by atoms with E-state index >= 15 is 0 Å². The number of aromatic nitrogens is 1. The van der Waals surface area contributed by atoms with Crippen LogP contribution >= 0.6 is 0 Å². The molecular formula is C10H14N2O2. The first kappa shape index (κ1) is 10.7. The number of methoxy groups -OCH3 is 1. The molecule has 0 bridgehead atoms. The number of carbonyl (C=O) groups is 1. The number of hydrogen-bond donors (Lipinski definition) is 1. The fourth-order valence-electron chi connectivity index (χ4n) is 1.03. The van der Waals surface area contributed by atoms with E-state index in [9.17, 15) is 4.79 Å². The molecule has 1 aromatic heterocycles. The van der Waals surface area contributed by atoms with Gasteiger partial charge in [0.2, 0.25) is 0 Å². The molecule has 0 aliphatic rings. The highest BCUT2D eigenvalue weighted by molar-refractivity contribution is 5.75. The van der Waals surface area contributed by atoms with Crippen LogP contribution in [0.3, 0.4) is 0 Å². The maximum absolute atomic E-state index is 11.0. The van der Waals surface area contributed by atoms with Crippen molar-refractivity contribution in [2.75, 3.05) is 7.11 Å². The molecule has 0 saturated carbocycles. The molecule has 4 heteroatoms. The van der Waals surface area contributed by atoms with Gasteiger partial charge in [0.15, 0.2) is 0 Å². The topological polar surface area (TPSA) is 51.2 Å². The summed E-state index contributed by atoms with van der Waals surface area (Å²) in [5.41, 5.74) is 1.04. The zero-order valence-electron chi connectivity index (χ0n) is 8.36. The zero-order valence-corrected chi connectivity index (χ0v) is 8.36. The quantitative estimate of drug-likeness (QED) is 0.718. The number of ether oxygens (including phenoxy) is 1. The molecule has 0 unspecified atom stereocenters. The van der Waals surface area contributed by atoms with Crippen LogP contribution in [0.2, 0.25) is 0 Å². The van der Waals surface area contributed by atoms with Gasteiger partial charge in [0.1, 0.15) is 6.04 Å². The van der Waals surface area contributed by atoms with Crippen LogP contribution in [0.1, 0.15) is 12.5 Å². The fraction of sp³-hybridized carbons (Fsp3) is 0.400. The Morgan fingerprint density at radius 3 is 3.07 bits per heavy atom. The molecule has 1 aromatic rings. The predicted molar refractivity (Wildman–Crippen MR) is 52.6 cm³/mol. The van der Waals surface area contributed by atoms with Crippen molar-refractivity contribution in [3.8, 4) is 0 Å². The van der Waals surface area contributed by atoms with Crippen molar-refractivity contribution in [2.24, 2.45) is 0 Å². The predicted octanol–water partition coefficient (Wildman–Crippen LogP) is 0.733. The molecule has 1 atom stereocenters. The largest absolute Gasteiger partial charge is 0.468 e. The lowest BCUT2D eigenvalue weighted by atomic mass is 10.2. The summed E-state index contributed by atoms with van der Waals surface area (Å²) in [6, 6.07) is 3.52. The van der Waals surface area contributed by atoms with Crippen molar-refractivity contribution in [1.82, 2.24) is 10.3 Å². The van der Waals surface area contributed by atoms with Crippen molar-refractivity contribution >= 4 is 5.97 Å². The van der Waals surface area contributed by atoms with Gasteiger partial charge in [0.25, 0.3) is 0 Å². The van der Waals surface area contributed by atoms with E-state index in [4.69, 9.17) is 0 Å². The van der Waals surface area contributed by atoms with Crippen LogP contribution in [0.4, 0.5) is 0 Å². The van der Waals surface area contributed by atoms with E-state index in [2.05, 4.69) is 15.0 Å². The lowest BCUT2D eigenvalue weighted by Gasteiger charge is -2.10. The van der Waals surface area contributed by atoms with Crippen LogP contribution < -0.4 is 5.32 Å². The maximum Gasteiger partial charge on any atom is 0.322 e. The molecule has 0 aliphatic carbocycles. The van der Waals surface area contributed by atoms with Gasteiger partial charge in [-0.1, -0.05) is 6.07 Å². The van der Waals surface area contributed by atoms with Gasteiger partial charge in [-0.25, -0.2) is 0 Å². The van der Waals surface area contributed by atoms with E-state index in [-0.39, 0.29) is 12.0 Å². The molecule has 1 rings (SSSR count). The minimum atomic E-state index is -0.291. The van der Waals surface area contributed by atoms with Gasteiger partial charge in [0.05, 0.1) is 7.11 Å². The summed E-state index contributed by atoms with van der Waals surface area (Å²) in [4.78, 5) is 15.0. The van der Waals surface area contributed by atoms with Gasteiger partial charge in [-0.3, -0.25) is 9.78 Å². The second-order valence-corrected chi connectivity index (χ2v) is 2.99. The normalized spacial score (nSPS) is 12.1. The highest BCUT2D eigenvalue weighted by Gasteiger charge is 2.11. The maximum atomic E-state index is 11.0. The average molecular weight is 194 g/mol. The monoisotopic (exact) mass is 194 g/mol. The number of nitrogens with one attached hydrogen (secondary N) is 1. The van der Waals surface area contributed by atoms with Gasteiger partial charge >= 0.3 is 5.97 Å². The number of hydrogen-bond acceptors (Lipinski definition) is 4. The van der Waals surface area contributed by atoms with Crippen LogP contribution in [0.5, 0.6) is 0 Å². The Labute approximate surface area is 83.3 Å². The molecule has 4 nitrogen and oxygen atoms in total. The molecule has 0 amide bonds. The standard InChI is InChI=1S/C10H14N2O2/c1-8(10(13)14-2)12-7-9-4-3-5-11-6-9/h3-6,8,12H,7H2,1-2H3/t8-/m0/s1. The molecule has 0 aromatic carbocycles. The van der Waals surface area contributed by atoms with Crippen LogP contribution in [0, 0.1) is 0 Å². The van der Waals surface area contributed by atoms with Crippen LogP contribution in [0.15, 0.2) is 24.5 Å². The molecule has 76 valence electrons. The highest BCUT2D eigenvalue weighted by atomic mass is 16.5. The number of carbonyl (C=O) groups excluding carboxylic acids is 1. The molecule has 0 spiro atoms. The Bertz CT molecular complexity index is 287. The van der Waals surface area contributed by atoms with Gasteiger partial charge in [-0.05, 0) is 18.6 Å². The third-order valence-corrected chi connectivity index (χ3v) is 1.89. The minimum absolute atomic E-state index is 0.256. The summed E-state index contributed by atoms with van der Waals surface area (Å²) in [6.07, 6.45) is 3.48. The first-order valence-corrected chi connectivity index (χ1v) is 4.44. The number of rotatable bonds is 4. The molecule has 0 radical (unpaired) electrons. The van der Waals surface area contributed by atoms with Crippen LogP contribution in [0.25, 0.3) is 0 Å². The second kappa shape index (κ2) is 5.34. The fourth-order valence-corrected chi connectivity index (χ4v) is 1.03. The first-order chi connectivity index (χ1) is 6.74. The SMILES string of the molecule is COC(=O)[C@H](C)NCc1cccnc1. The van der Waals surface area contributed by atoms with E-state index < -0.39 is 0 Å². The summed E-state index contributed by atoms with van der Waals surface area (Å²) in [5, 5.41) is 3.04. The molecule has 1 N–H and O–H groups in total. The van der Waals surface area contributed by atoms with Crippen molar-refractivity contribution in [3.05, 3.63) is 30.1 Å². The second-order valence-electron chi connectivity index (χ2n) is 2.99. The Morgan fingerprint density at radius 1 is 1.71 bits per heavy atom. The lowest BCUT2D eigenvalue weighted by molar-refractivity contribution is -0.142. The van der Waals surface area contributed by atoms with Crippen molar-refractivity contribution in [3.63, 3.8) is 0 Å². The van der Waals surface area contributed by atoms with Gasteiger partial charge in [0, 0.05) is 18.9 Å². The Morgan fingerprint density at radius 2 is 2.50 bits per heavy atom. The molecule has 0 saturated heterocycles. The summed E-state index contributed by atoms with van der Waals surface area (Å²) in [7, 11) is 1.38. The summed E-state index contributed by atoms with van der Waals surface area (Å²) in [5.74, 6) is -0.256. The van der Waals surface area contributed by atoms with Crippen LogP contribution in [-0.2, 0) is 16.1 Å². The summed E-state index contributed by atoms with van der Waals surface area (Å²) in [6.45, 7) is 2.38. The molecule has 14 heavy (non-hydrogen) atoms. The van der Waals surface area contributed by atoms with E-state index in [0.717, 1.165) is 5.56 Å². The Kier molecular flexibility index (Phi) is 4.07. The number of pyridine rings is 1.